The van der Waals surface area contributed by atoms with Gasteiger partial charge in [0.05, 0.1) is 0 Å². The predicted molar refractivity (Wildman–Crippen MR) is 83.9 cm³/mol. The van der Waals surface area contributed by atoms with Crippen LogP contribution in [0.5, 0.6) is 5.75 Å². The van der Waals surface area contributed by atoms with Crippen molar-refractivity contribution < 1.29 is 14.3 Å². The number of primary amides is 1. The second-order valence-electron chi connectivity index (χ2n) is 5.81. The van der Waals surface area contributed by atoms with Crippen LogP contribution in [-0.4, -0.2) is 41.6 Å². The van der Waals surface area contributed by atoms with E-state index in [-0.39, 0.29) is 11.9 Å². The maximum atomic E-state index is 12.4. The number of benzene rings is 1. The van der Waals surface area contributed by atoms with Gasteiger partial charge in [-0.3, -0.25) is 4.79 Å². The third-order valence-electron chi connectivity index (χ3n) is 3.57. The summed E-state index contributed by atoms with van der Waals surface area (Å²) in [5.41, 5.74) is 4.20. The van der Waals surface area contributed by atoms with Crippen LogP contribution < -0.4 is 15.8 Å². The summed E-state index contributed by atoms with van der Waals surface area (Å²) in [7, 11) is 0. The first kappa shape index (κ1) is 16.4. The van der Waals surface area contributed by atoms with Crippen molar-refractivity contribution >= 4 is 23.5 Å². The number of carbonyl (C=O) groups excluding carboxylic acids is 2. The van der Waals surface area contributed by atoms with Gasteiger partial charge in [0, 0.05) is 24.2 Å². The molecule has 1 aromatic rings. The second-order valence-corrected chi connectivity index (χ2v) is 6.25. The van der Waals surface area contributed by atoms with E-state index in [1.54, 1.807) is 38.1 Å². The van der Waals surface area contributed by atoms with Crippen LogP contribution in [0.3, 0.4) is 0 Å². The zero-order chi connectivity index (χ0) is 16.3. The lowest BCUT2D eigenvalue weighted by Crippen LogP contribution is -2.51. The number of halogens is 1. The first-order valence-electron chi connectivity index (χ1n) is 7.08. The molecule has 0 bridgehead atoms. The van der Waals surface area contributed by atoms with Crippen molar-refractivity contribution in [1.82, 2.24) is 10.2 Å². The van der Waals surface area contributed by atoms with Crippen molar-refractivity contribution in [2.45, 2.75) is 31.9 Å². The minimum atomic E-state index is -1.03. The molecule has 0 aliphatic carbocycles. The molecule has 0 unspecified atom stereocenters. The fourth-order valence-corrected chi connectivity index (χ4v) is 2.41. The Morgan fingerprint density at radius 1 is 1.36 bits per heavy atom. The van der Waals surface area contributed by atoms with E-state index >= 15 is 0 Å². The number of rotatable bonds is 4. The minimum Gasteiger partial charge on any atom is -0.478 e. The molecule has 7 heteroatoms. The molecule has 2 rings (SSSR count). The summed E-state index contributed by atoms with van der Waals surface area (Å²) >= 11 is 5.82. The summed E-state index contributed by atoms with van der Waals surface area (Å²) < 4.78 is 5.73. The number of likely N-dealkylation sites (tertiary alicyclic amines) is 1. The van der Waals surface area contributed by atoms with Crippen molar-refractivity contribution in [2.75, 3.05) is 13.1 Å². The van der Waals surface area contributed by atoms with Crippen LogP contribution >= 0.6 is 11.6 Å². The smallest absolute Gasteiger partial charge is 0.314 e. The topological polar surface area (TPSA) is 84.7 Å². The highest BCUT2D eigenvalue weighted by atomic mass is 35.5. The largest absolute Gasteiger partial charge is 0.478 e. The van der Waals surface area contributed by atoms with Gasteiger partial charge in [0.2, 0.25) is 0 Å². The molecule has 22 heavy (non-hydrogen) atoms. The van der Waals surface area contributed by atoms with Crippen molar-refractivity contribution in [2.24, 2.45) is 5.73 Å². The predicted octanol–water partition coefficient (Wildman–Crippen LogP) is 1.77. The molecular formula is C15H20ClN3O3. The Morgan fingerprint density at radius 2 is 2.00 bits per heavy atom. The summed E-state index contributed by atoms with van der Waals surface area (Å²) in [5.74, 6) is 0.327. The number of amides is 3. The number of hydrogen-bond donors (Lipinski definition) is 2. The molecule has 1 fully saturated rings. The molecule has 6 nitrogen and oxygen atoms in total. The monoisotopic (exact) mass is 325 g/mol. The minimum absolute atomic E-state index is 0.104. The molecule has 1 saturated heterocycles. The summed E-state index contributed by atoms with van der Waals surface area (Å²) in [6.07, 6.45) is 0.686. The van der Waals surface area contributed by atoms with Gasteiger partial charge in [0.1, 0.15) is 5.75 Å². The molecule has 3 amide bonds. The van der Waals surface area contributed by atoms with Crippen LogP contribution in [-0.2, 0) is 4.79 Å². The van der Waals surface area contributed by atoms with Crippen molar-refractivity contribution in [3.05, 3.63) is 29.3 Å². The lowest BCUT2D eigenvalue weighted by molar-refractivity contribution is -0.134. The van der Waals surface area contributed by atoms with Gasteiger partial charge in [-0.1, -0.05) is 11.6 Å². The summed E-state index contributed by atoms with van der Waals surface area (Å²) in [4.78, 5) is 25.0. The van der Waals surface area contributed by atoms with Gasteiger partial charge >= 0.3 is 6.03 Å². The van der Waals surface area contributed by atoms with Gasteiger partial charge in [-0.05, 0) is 44.5 Å². The normalized spacial score (nSPS) is 18.1. The van der Waals surface area contributed by atoms with Crippen LogP contribution in [0, 0.1) is 0 Å². The van der Waals surface area contributed by atoms with E-state index in [1.165, 1.54) is 4.90 Å². The highest BCUT2D eigenvalue weighted by Crippen LogP contribution is 2.21. The molecule has 1 heterocycles. The molecule has 1 aliphatic rings. The van der Waals surface area contributed by atoms with Gasteiger partial charge in [0.25, 0.3) is 5.91 Å². The van der Waals surface area contributed by atoms with Crippen LogP contribution in [0.25, 0.3) is 0 Å². The van der Waals surface area contributed by atoms with E-state index in [0.717, 1.165) is 0 Å². The average Bonchev–Trinajstić information content (AvgIpc) is 2.90. The quantitative estimate of drug-likeness (QED) is 0.884. The number of nitrogens with two attached hydrogens (primary N) is 1. The molecule has 0 saturated carbocycles. The Labute approximate surface area is 134 Å². The molecule has 0 aromatic heterocycles. The number of hydrogen-bond acceptors (Lipinski definition) is 3. The molecule has 1 aromatic carbocycles. The molecule has 1 atom stereocenters. The van der Waals surface area contributed by atoms with Gasteiger partial charge in [0.15, 0.2) is 5.60 Å². The summed E-state index contributed by atoms with van der Waals surface area (Å²) in [6.45, 7) is 4.37. The van der Waals surface area contributed by atoms with Gasteiger partial charge in [-0.25, -0.2) is 4.79 Å². The second kappa shape index (κ2) is 6.44. The molecule has 0 spiro atoms. The van der Waals surface area contributed by atoms with E-state index in [2.05, 4.69) is 5.32 Å². The number of urea groups is 1. The lowest BCUT2D eigenvalue weighted by atomic mass is 10.1. The first-order valence-corrected chi connectivity index (χ1v) is 7.45. The molecule has 1 aliphatic heterocycles. The van der Waals surface area contributed by atoms with Gasteiger partial charge in [-0.15, -0.1) is 0 Å². The molecule has 3 N–H and O–H groups in total. The van der Waals surface area contributed by atoms with E-state index in [4.69, 9.17) is 22.1 Å². The molecule has 120 valence electrons. The maximum absolute atomic E-state index is 12.4. The molecular weight excluding hydrogens is 306 g/mol. The number of nitrogens with zero attached hydrogens (tertiary/aromatic N) is 1. The van der Waals surface area contributed by atoms with E-state index < -0.39 is 11.6 Å². The third kappa shape index (κ3) is 4.04. The first-order chi connectivity index (χ1) is 10.3. The third-order valence-corrected chi connectivity index (χ3v) is 3.82. The zero-order valence-electron chi connectivity index (χ0n) is 12.6. The van der Waals surface area contributed by atoms with Gasteiger partial charge < -0.3 is 20.7 Å². The Hall–Kier alpha value is -1.95. The van der Waals surface area contributed by atoms with Crippen LogP contribution in [0.15, 0.2) is 24.3 Å². The molecule has 0 radical (unpaired) electrons. The Bertz CT molecular complexity index is 560. The Balaban J connectivity index is 1.93. The SMILES string of the molecule is CC(C)(Oc1ccc(Cl)cc1)C(=O)N[C@@H]1CCN(C(N)=O)C1. The number of nitrogens with one attached hydrogen (secondary N) is 1. The van der Waals surface area contributed by atoms with Crippen LogP contribution in [0.2, 0.25) is 5.02 Å². The number of carbonyl (C=O) groups is 2. The van der Waals surface area contributed by atoms with E-state index in [9.17, 15) is 9.59 Å². The average molecular weight is 326 g/mol. The van der Waals surface area contributed by atoms with E-state index in [1.807, 2.05) is 0 Å². The fraction of sp³-hybridized carbons (Fsp3) is 0.467. The summed E-state index contributed by atoms with van der Waals surface area (Å²) in [5, 5.41) is 3.50. The standard InChI is InChI=1S/C15H20ClN3O3/c1-15(2,22-12-5-3-10(16)4-6-12)13(20)18-11-7-8-19(9-11)14(17)21/h3-6,11H,7-9H2,1-2H3,(H2,17,21)(H,18,20)/t11-/m1/s1. The van der Waals surface area contributed by atoms with Crippen LogP contribution in [0.4, 0.5) is 4.79 Å². The van der Waals surface area contributed by atoms with E-state index in [0.29, 0.717) is 30.3 Å². The highest BCUT2D eigenvalue weighted by Gasteiger charge is 2.34. The Morgan fingerprint density at radius 3 is 2.55 bits per heavy atom. The maximum Gasteiger partial charge on any atom is 0.314 e. The van der Waals surface area contributed by atoms with Crippen molar-refractivity contribution in [1.29, 1.82) is 0 Å². The summed E-state index contributed by atoms with van der Waals surface area (Å²) in [6, 6.07) is 6.25. The Kier molecular flexibility index (Phi) is 4.81. The van der Waals surface area contributed by atoms with Crippen LogP contribution in [0.1, 0.15) is 20.3 Å². The van der Waals surface area contributed by atoms with Crippen molar-refractivity contribution in [3.8, 4) is 5.75 Å². The number of ether oxygens (including phenoxy) is 1. The fourth-order valence-electron chi connectivity index (χ4n) is 2.28. The zero-order valence-corrected chi connectivity index (χ0v) is 13.4. The van der Waals surface area contributed by atoms with Crippen molar-refractivity contribution in [3.63, 3.8) is 0 Å². The highest BCUT2D eigenvalue weighted by molar-refractivity contribution is 6.30. The lowest BCUT2D eigenvalue weighted by Gasteiger charge is -2.27. The van der Waals surface area contributed by atoms with Gasteiger partial charge in [-0.2, -0.15) is 0 Å².